The van der Waals surface area contributed by atoms with Gasteiger partial charge >= 0.3 is 0 Å². The van der Waals surface area contributed by atoms with Crippen molar-refractivity contribution < 1.29 is 0 Å². The molecule has 1 heterocycles. The van der Waals surface area contributed by atoms with Gasteiger partial charge in [-0.1, -0.05) is 81.4 Å². The smallest absolute Gasteiger partial charge is 0.231 e. The fourth-order valence-corrected chi connectivity index (χ4v) is 8.85. The van der Waals surface area contributed by atoms with E-state index in [1.54, 1.807) is 0 Å². The molecule has 0 saturated heterocycles. The van der Waals surface area contributed by atoms with E-state index in [2.05, 4.69) is 96.8 Å². The molecule has 0 aliphatic rings. The first-order chi connectivity index (χ1) is 10.6. The molecule has 0 radical (unpaired) electrons. The molecule has 3 rings (SSSR count). The third-order valence-electron chi connectivity index (χ3n) is 4.36. The third kappa shape index (κ3) is 2.22. The largest absolute Gasteiger partial charge is 0.355 e. The number of hydrogen-bond acceptors (Lipinski definition) is 1. The molecule has 1 aromatic heterocycles. The average Bonchev–Trinajstić information content (AvgIpc) is 3.03. The highest BCUT2D eigenvalue weighted by Gasteiger charge is 2.49. The minimum atomic E-state index is -2.22. The number of nitrogens with zero attached hydrogens (tertiary/aromatic N) is 2. The Hall–Kier alpha value is -2.13. The molecule has 2 aromatic carbocycles. The predicted octanol–water partition coefficient (Wildman–Crippen LogP) is 3.29. The quantitative estimate of drug-likeness (QED) is 0.679. The summed E-state index contributed by atoms with van der Waals surface area (Å²) in [5.74, 6) is 0. The summed E-state index contributed by atoms with van der Waals surface area (Å²) in [7, 11) is -2.22. The molecule has 0 fully saturated rings. The SMILES string of the molecule is CC(C)(C)[Si](c1ccccc1)(c1ccccc1)n1ccnc1. The summed E-state index contributed by atoms with van der Waals surface area (Å²) in [6.07, 6.45) is 5.99. The van der Waals surface area contributed by atoms with Crippen LogP contribution in [0.4, 0.5) is 0 Å². The molecule has 0 aliphatic carbocycles. The first kappa shape index (κ1) is 14.8. The summed E-state index contributed by atoms with van der Waals surface area (Å²) >= 11 is 0. The van der Waals surface area contributed by atoms with E-state index in [-0.39, 0.29) is 5.04 Å². The second-order valence-electron chi connectivity index (χ2n) is 6.66. The van der Waals surface area contributed by atoms with E-state index in [1.165, 1.54) is 10.4 Å². The normalized spacial score (nSPS) is 12.3. The number of aromatic nitrogens is 2. The summed E-state index contributed by atoms with van der Waals surface area (Å²) in [4.78, 5) is 4.35. The lowest BCUT2D eigenvalue weighted by atomic mass is 10.2. The van der Waals surface area contributed by atoms with Gasteiger partial charge in [-0.2, -0.15) is 0 Å². The first-order valence-corrected chi connectivity index (χ1v) is 9.61. The van der Waals surface area contributed by atoms with Crippen LogP contribution in [0.2, 0.25) is 5.04 Å². The van der Waals surface area contributed by atoms with Crippen LogP contribution >= 0.6 is 0 Å². The highest BCUT2D eigenvalue weighted by Crippen LogP contribution is 2.36. The maximum atomic E-state index is 4.35. The maximum absolute atomic E-state index is 4.35. The molecule has 3 aromatic rings. The number of rotatable bonds is 3. The Morgan fingerprint density at radius 2 is 1.32 bits per heavy atom. The van der Waals surface area contributed by atoms with Crippen LogP contribution in [0, 0.1) is 0 Å². The summed E-state index contributed by atoms with van der Waals surface area (Å²) < 4.78 is 2.37. The highest BCUT2D eigenvalue weighted by molar-refractivity contribution is 7.03. The Labute approximate surface area is 133 Å². The minimum absolute atomic E-state index is 0.108. The zero-order valence-electron chi connectivity index (χ0n) is 13.4. The second kappa shape index (κ2) is 5.58. The van der Waals surface area contributed by atoms with E-state index in [0.29, 0.717) is 0 Å². The molecular formula is C19H22N2Si. The van der Waals surface area contributed by atoms with E-state index in [4.69, 9.17) is 0 Å². The van der Waals surface area contributed by atoms with Crippen molar-refractivity contribution in [3.63, 3.8) is 0 Å². The molecule has 3 heteroatoms. The van der Waals surface area contributed by atoms with Crippen LogP contribution in [0.15, 0.2) is 79.4 Å². The predicted molar refractivity (Wildman–Crippen MR) is 95.2 cm³/mol. The molecule has 2 nitrogen and oxygen atoms in total. The van der Waals surface area contributed by atoms with Gasteiger partial charge in [0.1, 0.15) is 0 Å². The first-order valence-electron chi connectivity index (χ1n) is 7.66. The lowest BCUT2D eigenvalue weighted by Crippen LogP contribution is -2.69. The molecule has 22 heavy (non-hydrogen) atoms. The van der Waals surface area contributed by atoms with Crippen LogP contribution in [-0.4, -0.2) is 17.5 Å². The van der Waals surface area contributed by atoms with Crippen molar-refractivity contribution in [1.82, 2.24) is 9.22 Å². The van der Waals surface area contributed by atoms with Gasteiger partial charge in [-0.15, -0.1) is 0 Å². The molecule has 0 saturated carbocycles. The average molecular weight is 306 g/mol. The van der Waals surface area contributed by atoms with Crippen LogP contribution in [0.3, 0.4) is 0 Å². The van der Waals surface area contributed by atoms with E-state index >= 15 is 0 Å². The summed E-state index contributed by atoms with van der Waals surface area (Å²) in [5.41, 5.74) is 0. The van der Waals surface area contributed by atoms with E-state index in [9.17, 15) is 0 Å². The molecule has 0 spiro atoms. The van der Waals surface area contributed by atoms with Gasteiger partial charge in [-0.3, -0.25) is 0 Å². The Morgan fingerprint density at radius 3 is 1.68 bits per heavy atom. The highest BCUT2D eigenvalue weighted by atomic mass is 28.3. The molecule has 0 unspecified atom stereocenters. The van der Waals surface area contributed by atoms with Crippen LogP contribution in [-0.2, 0) is 0 Å². The van der Waals surface area contributed by atoms with Gasteiger partial charge in [-0.25, -0.2) is 4.98 Å². The summed E-state index contributed by atoms with van der Waals surface area (Å²) in [6, 6.07) is 21.8. The van der Waals surface area contributed by atoms with Gasteiger partial charge < -0.3 is 4.23 Å². The molecule has 0 atom stereocenters. The lowest BCUT2D eigenvalue weighted by molar-refractivity contribution is 0.712. The lowest BCUT2D eigenvalue weighted by Gasteiger charge is -2.44. The zero-order chi connectivity index (χ0) is 15.6. The topological polar surface area (TPSA) is 17.8 Å². The monoisotopic (exact) mass is 306 g/mol. The van der Waals surface area contributed by atoms with Crippen molar-refractivity contribution in [2.24, 2.45) is 0 Å². The van der Waals surface area contributed by atoms with Gasteiger partial charge in [0.05, 0.1) is 6.33 Å². The van der Waals surface area contributed by atoms with Crippen LogP contribution < -0.4 is 10.4 Å². The van der Waals surface area contributed by atoms with Crippen LogP contribution in [0.25, 0.3) is 0 Å². The Morgan fingerprint density at radius 1 is 0.818 bits per heavy atom. The Kier molecular flexibility index (Phi) is 3.75. The van der Waals surface area contributed by atoms with Crippen molar-refractivity contribution >= 4 is 18.6 Å². The molecule has 0 N–H and O–H groups in total. The maximum Gasteiger partial charge on any atom is 0.231 e. The molecule has 0 amide bonds. The second-order valence-corrected chi connectivity index (χ2v) is 11.3. The standard InChI is InChI=1S/C19H22N2Si/c1-19(2,3)22(21-15-14-20-16-21,17-10-6-4-7-11-17)18-12-8-5-9-13-18/h4-16H,1-3H3. The van der Waals surface area contributed by atoms with Gasteiger partial charge in [0, 0.05) is 12.4 Å². The number of imidazole rings is 1. The van der Waals surface area contributed by atoms with Gasteiger partial charge in [0.25, 0.3) is 0 Å². The minimum Gasteiger partial charge on any atom is -0.355 e. The van der Waals surface area contributed by atoms with Crippen LogP contribution in [0.1, 0.15) is 20.8 Å². The van der Waals surface area contributed by atoms with E-state index in [1.807, 2.05) is 12.5 Å². The summed E-state index contributed by atoms with van der Waals surface area (Å²) in [6.45, 7) is 7.04. The number of hydrogen-bond donors (Lipinski definition) is 0. The molecule has 112 valence electrons. The fourth-order valence-electron chi connectivity index (χ4n) is 3.53. The van der Waals surface area contributed by atoms with Gasteiger partial charge in [-0.05, 0) is 15.4 Å². The van der Waals surface area contributed by atoms with Crippen molar-refractivity contribution in [1.29, 1.82) is 0 Å². The third-order valence-corrected chi connectivity index (χ3v) is 9.91. The van der Waals surface area contributed by atoms with E-state index < -0.39 is 8.24 Å². The fraction of sp³-hybridized carbons (Fsp3) is 0.211. The van der Waals surface area contributed by atoms with Crippen molar-refractivity contribution in [2.75, 3.05) is 0 Å². The van der Waals surface area contributed by atoms with Gasteiger partial charge in [0.2, 0.25) is 8.24 Å². The van der Waals surface area contributed by atoms with Crippen molar-refractivity contribution in [3.8, 4) is 0 Å². The summed E-state index contributed by atoms with van der Waals surface area (Å²) in [5, 5.41) is 2.93. The molecular weight excluding hydrogens is 284 g/mol. The van der Waals surface area contributed by atoms with Crippen molar-refractivity contribution in [3.05, 3.63) is 79.4 Å². The molecule has 0 bridgehead atoms. The Balaban J connectivity index is 2.39. The Bertz CT molecular complexity index is 674. The van der Waals surface area contributed by atoms with Crippen molar-refractivity contribution in [2.45, 2.75) is 25.8 Å². The van der Waals surface area contributed by atoms with Gasteiger partial charge in [0.15, 0.2) is 0 Å². The zero-order valence-corrected chi connectivity index (χ0v) is 14.4. The number of benzene rings is 2. The van der Waals surface area contributed by atoms with E-state index in [0.717, 1.165) is 0 Å². The van der Waals surface area contributed by atoms with Crippen LogP contribution in [0.5, 0.6) is 0 Å². The molecule has 0 aliphatic heterocycles.